The molecule has 0 amide bonds. The van der Waals surface area contributed by atoms with Crippen molar-refractivity contribution in [1.82, 2.24) is 9.97 Å². The number of rotatable bonds is 6. The predicted octanol–water partition coefficient (Wildman–Crippen LogP) is 6.46. The molecule has 1 heterocycles. The van der Waals surface area contributed by atoms with E-state index in [1.807, 2.05) is 24.3 Å². The predicted molar refractivity (Wildman–Crippen MR) is 154 cm³/mol. The maximum atomic E-state index is 12.5. The van der Waals surface area contributed by atoms with E-state index in [0.717, 1.165) is 33.4 Å². The van der Waals surface area contributed by atoms with Crippen LogP contribution in [0, 0.1) is 0 Å². The third-order valence-corrected chi connectivity index (χ3v) is 10.0. The van der Waals surface area contributed by atoms with E-state index < -0.39 is 7.14 Å². The second kappa shape index (κ2) is 10.2. The number of hydrogen-bond donors (Lipinski definition) is 0. The van der Waals surface area contributed by atoms with E-state index in [1.165, 1.54) is 10.6 Å². The Bertz CT molecular complexity index is 1250. The van der Waals surface area contributed by atoms with Crippen LogP contribution in [0.5, 0.6) is 0 Å². The summed E-state index contributed by atoms with van der Waals surface area (Å²) < 4.78 is 12.5. The lowest BCUT2D eigenvalue weighted by Gasteiger charge is -2.12. The van der Waals surface area contributed by atoms with Crippen molar-refractivity contribution in [3.05, 3.63) is 78.9 Å². The molecule has 6 heteroatoms. The van der Waals surface area contributed by atoms with Crippen LogP contribution in [0.3, 0.4) is 0 Å². The van der Waals surface area contributed by atoms with Crippen molar-refractivity contribution in [2.24, 2.45) is 0 Å². The molecular weight excluding hydrogens is 473 g/mol. The van der Waals surface area contributed by atoms with Crippen molar-refractivity contribution in [2.45, 2.75) is 0 Å². The fraction of sp³-hybridized carbons (Fsp3) is 0.214. The van der Waals surface area contributed by atoms with Crippen molar-refractivity contribution in [1.29, 1.82) is 0 Å². The van der Waals surface area contributed by atoms with Crippen molar-refractivity contribution < 1.29 is 4.57 Å². The molecule has 0 spiro atoms. The summed E-state index contributed by atoms with van der Waals surface area (Å²) in [5.41, 5.74) is 4.89. The van der Waals surface area contributed by atoms with Gasteiger partial charge in [0.05, 0.1) is 11.4 Å². The molecule has 0 aliphatic carbocycles. The first-order chi connectivity index (χ1) is 16.1. The molecule has 4 rings (SSSR count). The minimum atomic E-state index is -2.31. The van der Waals surface area contributed by atoms with Gasteiger partial charge in [-0.3, -0.25) is 0 Å². The Morgan fingerprint density at radius 2 is 0.971 bits per heavy atom. The van der Waals surface area contributed by atoms with Gasteiger partial charge in [-0.15, -0.1) is 0 Å². The molecule has 0 N–H and O–H groups in total. The maximum Gasteiger partial charge on any atom is 0.160 e. The fourth-order valence-corrected chi connectivity index (χ4v) is 6.06. The topological polar surface area (TPSA) is 42.9 Å². The third kappa shape index (κ3) is 5.72. The molecule has 1 aromatic heterocycles. The molecule has 0 atom stereocenters. The Labute approximate surface area is 206 Å². The standard InChI is InChI=1S/C28H31N2OP3/c1-32(2)23-13-7-20(8-14-23)26-19-27(21-9-15-24(16-10-21)33(3)4)30-28(29-26)22-11-17-25(18-12-22)34(5,6)31/h7-19H,1-6H3. The van der Waals surface area contributed by atoms with Gasteiger partial charge in [-0.05, 0) is 56.7 Å². The van der Waals surface area contributed by atoms with Gasteiger partial charge in [-0.25, -0.2) is 9.97 Å². The summed E-state index contributed by atoms with van der Waals surface area (Å²) in [4.78, 5) is 9.88. The van der Waals surface area contributed by atoms with Crippen LogP contribution in [0.1, 0.15) is 0 Å². The summed E-state index contributed by atoms with van der Waals surface area (Å²) in [6, 6.07) is 27.4. The lowest BCUT2D eigenvalue weighted by molar-refractivity contribution is 0.588. The van der Waals surface area contributed by atoms with E-state index in [0.29, 0.717) is 5.82 Å². The first-order valence-electron chi connectivity index (χ1n) is 11.2. The van der Waals surface area contributed by atoms with Crippen molar-refractivity contribution in [3.8, 4) is 33.9 Å². The zero-order valence-electron chi connectivity index (χ0n) is 20.6. The molecule has 0 radical (unpaired) electrons. The Kier molecular flexibility index (Phi) is 7.49. The lowest BCUT2D eigenvalue weighted by atomic mass is 10.1. The maximum absolute atomic E-state index is 12.5. The van der Waals surface area contributed by atoms with Crippen LogP contribution in [0.4, 0.5) is 0 Å². The van der Waals surface area contributed by atoms with E-state index in [1.54, 1.807) is 13.3 Å². The van der Waals surface area contributed by atoms with Crippen LogP contribution < -0.4 is 15.9 Å². The average Bonchev–Trinajstić information content (AvgIpc) is 2.83. The minimum Gasteiger partial charge on any atom is -0.319 e. The summed E-state index contributed by atoms with van der Waals surface area (Å²) in [6.45, 7) is 12.7. The monoisotopic (exact) mass is 504 g/mol. The highest BCUT2D eigenvalue weighted by Gasteiger charge is 2.14. The van der Waals surface area contributed by atoms with E-state index in [9.17, 15) is 4.57 Å². The van der Waals surface area contributed by atoms with E-state index >= 15 is 0 Å². The summed E-state index contributed by atoms with van der Waals surface area (Å²) in [7, 11) is -2.58. The average molecular weight is 504 g/mol. The SMILES string of the molecule is CP(C)c1ccc(-c2cc(-c3ccc(P(C)C)cc3)nc(-c3ccc(P(C)(C)=O)cc3)n2)cc1. The number of nitrogens with zero attached hydrogens (tertiary/aromatic N) is 2. The minimum absolute atomic E-state index is 0.137. The van der Waals surface area contributed by atoms with Gasteiger partial charge >= 0.3 is 0 Å². The van der Waals surface area contributed by atoms with E-state index in [2.05, 4.69) is 81.3 Å². The first kappa shape index (κ1) is 24.9. The van der Waals surface area contributed by atoms with Gasteiger partial charge in [0.1, 0.15) is 7.14 Å². The molecule has 174 valence electrons. The zero-order chi connectivity index (χ0) is 24.5. The van der Waals surface area contributed by atoms with Gasteiger partial charge in [0.2, 0.25) is 0 Å². The molecule has 0 saturated carbocycles. The largest absolute Gasteiger partial charge is 0.319 e. The van der Waals surface area contributed by atoms with Crippen molar-refractivity contribution in [2.75, 3.05) is 40.0 Å². The molecule has 0 saturated heterocycles. The molecule has 0 aliphatic heterocycles. The van der Waals surface area contributed by atoms with Gasteiger partial charge < -0.3 is 4.57 Å². The zero-order valence-corrected chi connectivity index (χ0v) is 23.3. The van der Waals surface area contributed by atoms with Gasteiger partial charge in [0.15, 0.2) is 5.82 Å². The Hall–Kier alpha value is -2.17. The lowest BCUT2D eigenvalue weighted by Crippen LogP contribution is -2.03. The van der Waals surface area contributed by atoms with E-state index in [-0.39, 0.29) is 15.8 Å². The molecular formula is C28H31N2OP3. The fourth-order valence-electron chi connectivity index (χ4n) is 3.70. The Morgan fingerprint density at radius 3 is 1.32 bits per heavy atom. The molecule has 0 unspecified atom stereocenters. The molecule has 0 bridgehead atoms. The Balaban J connectivity index is 1.82. The van der Waals surface area contributed by atoms with Gasteiger partial charge in [-0.1, -0.05) is 88.6 Å². The Morgan fingerprint density at radius 1 is 0.588 bits per heavy atom. The second-order valence-electron chi connectivity index (χ2n) is 9.24. The number of hydrogen-bond acceptors (Lipinski definition) is 3. The van der Waals surface area contributed by atoms with Crippen LogP contribution in [0.2, 0.25) is 0 Å². The summed E-state index contributed by atoms with van der Waals surface area (Å²) in [5.74, 6) is 0.677. The molecule has 0 fully saturated rings. The smallest absolute Gasteiger partial charge is 0.160 e. The summed E-state index contributed by atoms with van der Waals surface area (Å²) in [6.07, 6.45) is 0. The normalized spacial score (nSPS) is 11.9. The molecule has 3 aromatic carbocycles. The number of benzene rings is 3. The van der Waals surface area contributed by atoms with Crippen LogP contribution >= 0.6 is 23.0 Å². The van der Waals surface area contributed by atoms with Gasteiger partial charge in [-0.2, -0.15) is 0 Å². The molecule has 0 aliphatic rings. The third-order valence-electron chi connectivity index (χ3n) is 5.83. The second-order valence-corrected chi connectivity index (χ2v) is 17.1. The summed E-state index contributed by atoms with van der Waals surface area (Å²) >= 11 is 0. The molecule has 34 heavy (non-hydrogen) atoms. The van der Waals surface area contributed by atoms with E-state index in [4.69, 9.17) is 9.97 Å². The van der Waals surface area contributed by atoms with Crippen LogP contribution in [-0.4, -0.2) is 50.0 Å². The highest BCUT2D eigenvalue weighted by atomic mass is 31.2. The van der Waals surface area contributed by atoms with Crippen LogP contribution in [-0.2, 0) is 4.57 Å². The quantitative estimate of drug-likeness (QED) is 0.283. The van der Waals surface area contributed by atoms with Crippen molar-refractivity contribution in [3.63, 3.8) is 0 Å². The number of aromatic nitrogens is 2. The highest BCUT2D eigenvalue weighted by Crippen LogP contribution is 2.35. The summed E-state index contributed by atoms with van der Waals surface area (Å²) in [5, 5.41) is 3.61. The highest BCUT2D eigenvalue weighted by molar-refractivity contribution is 7.70. The van der Waals surface area contributed by atoms with Gasteiger partial charge in [0, 0.05) is 22.0 Å². The van der Waals surface area contributed by atoms with Crippen molar-refractivity contribution >= 4 is 38.9 Å². The molecule has 3 nitrogen and oxygen atoms in total. The first-order valence-corrected chi connectivity index (χ1v) is 18.3. The van der Waals surface area contributed by atoms with Crippen LogP contribution in [0.25, 0.3) is 33.9 Å². The molecule has 4 aromatic rings. The van der Waals surface area contributed by atoms with Gasteiger partial charge in [0.25, 0.3) is 0 Å². The van der Waals surface area contributed by atoms with Crippen LogP contribution in [0.15, 0.2) is 78.9 Å².